The van der Waals surface area contributed by atoms with E-state index in [9.17, 15) is 27.9 Å². The Kier molecular flexibility index (Phi) is 7.10. The number of anilines is 1. The Morgan fingerprint density at radius 2 is 1.75 bits per heavy atom. The zero-order valence-electron chi connectivity index (χ0n) is 20.3. The van der Waals surface area contributed by atoms with Crippen molar-refractivity contribution in [2.45, 2.75) is 23.9 Å². The summed E-state index contributed by atoms with van der Waals surface area (Å²) < 4.78 is 39.4. The van der Waals surface area contributed by atoms with Crippen LogP contribution in [-0.2, 0) is 21.2 Å². The standard InChI is InChI=1S/C28H19Cl3F3N3O3/c1-2-14-3-9-20-25(39)37(36-24-21(31)11-16(13-35-24)28(32,33)34)26(40)27(20,15-4-6-17(29)7-5-15)23(14)19-12-18(30)8-10-22(19)38/h2-8,10-13,20,23,38H,1,9H2,(H,35,36)/t20-,23+,27+/m0/s1. The topological polar surface area (TPSA) is 82.5 Å². The summed E-state index contributed by atoms with van der Waals surface area (Å²) in [5, 5.41) is 11.9. The van der Waals surface area contributed by atoms with Crippen LogP contribution in [0.25, 0.3) is 0 Å². The third-order valence-electron chi connectivity index (χ3n) is 7.25. The fourth-order valence-corrected chi connectivity index (χ4v) is 6.03. The fraction of sp³-hybridized carbons (Fsp3) is 0.179. The molecule has 0 bridgehead atoms. The number of benzene rings is 2. The van der Waals surface area contributed by atoms with Gasteiger partial charge in [-0.3, -0.25) is 15.0 Å². The molecule has 206 valence electrons. The SMILES string of the molecule is C=CC1=CC[C@H]2C(=O)N(Nc3ncc(C(F)(F)F)cc3Cl)C(=O)[C@@]2(c2ccc(Cl)cc2)[C@H]1c1cc(Cl)ccc1O. The average Bonchev–Trinajstić information content (AvgIpc) is 3.12. The maximum absolute atomic E-state index is 14.5. The van der Waals surface area contributed by atoms with Gasteiger partial charge in [0, 0.05) is 27.7 Å². The Balaban J connectivity index is 1.71. The fourth-order valence-electron chi connectivity index (χ4n) is 5.52. The second-order valence-corrected chi connectivity index (χ2v) is 10.6. The van der Waals surface area contributed by atoms with E-state index < -0.39 is 45.8 Å². The number of carbonyl (C=O) groups is 2. The Labute approximate surface area is 241 Å². The molecule has 5 rings (SSSR count). The van der Waals surface area contributed by atoms with Crippen molar-refractivity contribution in [2.75, 3.05) is 5.43 Å². The number of halogens is 6. The Hall–Kier alpha value is -3.53. The molecule has 1 aromatic heterocycles. The summed E-state index contributed by atoms with van der Waals surface area (Å²) >= 11 is 18.5. The molecule has 40 heavy (non-hydrogen) atoms. The van der Waals surface area contributed by atoms with Crippen molar-refractivity contribution in [3.63, 3.8) is 0 Å². The maximum Gasteiger partial charge on any atom is 0.417 e. The van der Waals surface area contributed by atoms with Gasteiger partial charge in [-0.25, -0.2) is 4.98 Å². The number of imide groups is 1. The number of hydrogen-bond donors (Lipinski definition) is 2. The van der Waals surface area contributed by atoms with Crippen molar-refractivity contribution < 1.29 is 27.9 Å². The lowest BCUT2D eigenvalue weighted by Gasteiger charge is -2.43. The van der Waals surface area contributed by atoms with E-state index in [1.165, 1.54) is 18.2 Å². The van der Waals surface area contributed by atoms with Gasteiger partial charge in [0.15, 0.2) is 5.82 Å². The van der Waals surface area contributed by atoms with Gasteiger partial charge in [-0.05, 0) is 54.0 Å². The number of hydrogen-bond acceptors (Lipinski definition) is 5. The Morgan fingerprint density at radius 1 is 1.07 bits per heavy atom. The maximum atomic E-state index is 14.5. The lowest BCUT2D eigenvalue weighted by atomic mass is 9.56. The van der Waals surface area contributed by atoms with E-state index in [0.717, 1.165) is 5.01 Å². The molecule has 0 radical (unpaired) electrons. The number of hydrazine groups is 1. The molecule has 0 unspecified atom stereocenters. The number of nitrogens with zero attached hydrogens (tertiary/aromatic N) is 2. The highest BCUT2D eigenvalue weighted by molar-refractivity contribution is 6.33. The third kappa shape index (κ3) is 4.42. The van der Waals surface area contributed by atoms with E-state index in [0.29, 0.717) is 28.4 Å². The van der Waals surface area contributed by atoms with Crippen molar-refractivity contribution in [3.8, 4) is 5.75 Å². The van der Waals surface area contributed by atoms with Crippen molar-refractivity contribution >= 4 is 52.4 Å². The summed E-state index contributed by atoms with van der Waals surface area (Å²) in [6, 6.07) is 11.4. The Bertz CT molecular complexity index is 1580. The van der Waals surface area contributed by atoms with E-state index >= 15 is 0 Å². The first-order valence-corrected chi connectivity index (χ1v) is 13.0. The molecule has 3 aromatic rings. The van der Waals surface area contributed by atoms with Crippen LogP contribution in [0.1, 0.15) is 29.0 Å². The largest absolute Gasteiger partial charge is 0.508 e. The van der Waals surface area contributed by atoms with E-state index in [4.69, 9.17) is 34.8 Å². The lowest BCUT2D eigenvalue weighted by molar-refractivity contribution is -0.139. The molecular weight excluding hydrogens is 590 g/mol. The molecule has 1 aliphatic carbocycles. The summed E-state index contributed by atoms with van der Waals surface area (Å²) in [5.41, 5.74) is 1.09. The van der Waals surface area contributed by atoms with Crippen LogP contribution in [0.4, 0.5) is 19.0 Å². The van der Waals surface area contributed by atoms with Gasteiger partial charge in [-0.1, -0.05) is 65.7 Å². The molecule has 12 heteroatoms. The summed E-state index contributed by atoms with van der Waals surface area (Å²) in [6.45, 7) is 3.89. The van der Waals surface area contributed by atoms with Gasteiger partial charge in [0.2, 0.25) is 0 Å². The number of phenols is 1. The van der Waals surface area contributed by atoms with Crippen molar-refractivity contribution in [1.29, 1.82) is 0 Å². The van der Waals surface area contributed by atoms with Crippen molar-refractivity contribution in [1.82, 2.24) is 9.99 Å². The summed E-state index contributed by atoms with van der Waals surface area (Å²) in [5.74, 6) is -3.80. The predicted molar refractivity (Wildman–Crippen MR) is 145 cm³/mol. The van der Waals surface area contributed by atoms with Crippen LogP contribution < -0.4 is 5.43 Å². The van der Waals surface area contributed by atoms with E-state index in [-0.39, 0.29) is 28.6 Å². The van der Waals surface area contributed by atoms with E-state index in [1.54, 1.807) is 36.4 Å². The molecule has 1 aliphatic heterocycles. The van der Waals surface area contributed by atoms with Gasteiger partial charge in [0.1, 0.15) is 5.75 Å². The highest BCUT2D eigenvalue weighted by Crippen LogP contribution is 2.59. The minimum atomic E-state index is -4.69. The smallest absolute Gasteiger partial charge is 0.417 e. The molecule has 0 saturated carbocycles. The van der Waals surface area contributed by atoms with Gasteiger partial charge in [-0.2, -0.15) is 18.2 Å². The molecule has 3 atom stereocenters. The average molecular weight is 609 g/mol. The first-order valence-electron chi connectivity index (χ1n) is 11.8. The number of allylic oxidation sites excluding steroid dienone is 3. The quantitative estimate of drug-likeness (QED) is 0.297. The molecule has 1 fully saturated rings. The van der Waals surface area contributed by atoms with Gasteiger partial charge in [0.25, 0.3) is 11.8 Å². The summed E-state index contributed by atoms with van der Waals surface area (Å²) in [4.78, 5) is 32.1. The summed E-state index contributed by atoms with van der Waals surface area (Å²) in [6.07, 6.45) is -0.721. The number of carbonyl (C=O) groups excluding carboxylic acids is 2. The lowest BCUT2D eigenvalue weighted by Crippen LogP contribution is -2.48. The molecule has 2 aliphatic rings. The first kappa shape index (κ1) is 28.0. The first-order chi connectivity index (χ1) is 18.9. The van der Waals surface area contributed by atoms with Crippen molar-refractivity contribution in [2.24, 2.45) is 5.92 Å². The van der Waals surface area contributed by atoms with Crippen molar-refractivity contribution in [3.05, 3.63) is 111 Å². The Morgan fingerprint density at radius 3 is 2.38 bits per heavy atom. The monoisotopic (exact) mass is 607 g/mol. The molecule has 2 amide bonds. The van der Waals surface area contributed by atoms with Crippen LogP contribution in [-0.4, -0.2) is 26.9 Å². The zero-order valence-corrected chi connectivity index (χ0v) is 22.6. The molecule has 2 aromatic carbocycles. The van der Waals surface area contributed by atoms with Gasteiger partial charge >= 0.3 is 6.18 Å². The minimum absolute atomic E-state index is 0.124. The van der Waals surface area contributed by atoms with Crippen LogP contribution >= 0.6 is 34.8 Å². The predicted octanol–water partition coefficient (Wildman–Crippen LogP) is 7.32. The van der Waals surface area contributed by atoms with Crippen LogP contribution in [0.5, 0.6) is 5.75 Å². The van der Waals surface area contributed by atoms with E-state index in [2.05, 4.69) is 17.0 Å². The number of aromatic hydroxyl groups is 1. The zero-order chi connectivity index (χ0) is 29.0. The highest BCUT2D eigenvalue weighted by Gasteiger charge is 2.66. The summed E-state index contributed by atoms with van der Waals surface area (Å²) in [7, 11) is 0. The molecule has 2 N–H and O–H groups in total. The van der Waals surface area contributed by atoms with Gasteiger partial charge in [0.05, 0.1) is 21.9 Å². The number of aromatic nitrogens is 1. The van der Waals surface area contributed by atoms with Gasteiger partial charge < -0.3 is 5.11 Å². The number of nitrogens with one attached hydrogen (secondary N) is 1. The van der Waals surface area contributed by atoms with Crippen LogP contribution in [0.3, 0.4) is 0 Å². The number of alkyl halides is 3. The molecular formula is C28H19Cl3F3N3O3. The molecule has 6 nitrogen and oxygen atoms in total. The molecule has 0 spiro atoms. The third-order valence-corrected chi connectivity index (χ3v) is 8.02. The second kappa shape index (κ2) is 10.1. The van der Waals surface area contributed by atoms with Crippen LogP contribution in [0.2, 0.25) is 15.1 Å². The highest BCUT2D eigenvalue weighted by atomic mass is 35.5. The van der Waals surface area contributed by atoms with Crippen LogP contribution in [0.15, 0.2) is 79.0 Å². The van der Waals surface area contributed by atoms with E-state index in [1.807, 2.05) is 0 Å². The normalized spacial score (nSPS) is 22.6. The number of rotatable bonds is 5. The number of amides is 2. The second-order valence-electron chi connectivity index (χ2n) is 9.35. The molecule has 2 heterocycles. The number of pyridine rings is 1. The number of fused-ring (bicyclic) bond motifs is 1. The minimum Gasteiger partial charge on any atom is -0.508 e. The van der Waals surface area contributed by atoms with Crippen LogP contribution in [0, 0.1) is 5.92 Å². The van der Waals surface area contributed by atoms with Gasteiger partial charge in [-0.15, -0.1) is 0 Å². The molecule has 1 saturated heterocycles. The number of phenolic OH excluding ortho intramolecular Hbond substituents is 1.